The molecule has 0 amide bonds. The van der Waals surface area contributed by atoms with E-state index in [2.05, 4.69) is 0 Å². The summed E-state index contributed by atoms with van der Waals surface area (Å²) in [6, 6.07) is 7.06. The molecule has 0 aliphatic heterocycles. The number of benzene rings is 1. The van der Waals surface area contributed by atoms with Crippen molar-refractivity contribution in [2.45, 2.75) is 43.5 Å². The van der Waals surface area contributed by atoms with Crippen molar-refractivity contribution in [1.82, 2.24) is 4.31 Å². The van der Waals surface area contributed by atoms with E-state index in [1.165, 1.54) is 10.4 Å². The predicted molar refractivity (Wildman–Crippen MR) is 77.4 cm³/mol. The number of hydrogen-bond acceptors (Lipinski definition) is 4. The highest BCUT2D eigenvalue weighted by molar-refractivity contribution is 7.89. The van der Waals surface area contributed by atoms with Crippen LogP contribution in [0.1, 0.15) is 31.7 Å². The van der Waals surface area contributed by atoms with Gasteiger partial charge in [-0.15, -0.1) is 0 Å². The number of nitrogen functional groups attached to an aromatic ring is 1. The van der Waals surface area contributed by atoms with Crippen molar-refractivity contribution in [2.24, 2.45) is 0 Å². The van der Waals surface area contributed by atoms with Crippen LogP contribution in [0, 0.1) is 11.3 Å². The maximum atomic E-state index is 12.8. The van der Waals surface area contributed by atoms with Gasteiger partial charge in [0, 0.05) is 24.7 Å². The van der Waals surface area contributed by atoms with Gasteiger partial charge in [-0.25, -0.2) is 8.42 Å². The molecule has 5 nitrogen and oxygen atoms in total. The van der Waals surface area contributed by atoms with Gasteiger partial charge in [0.05, 0.1) is 11.0 Å². The molecule has 2 rings (SSSR count). The van der Waals surface area contributed by atoms with Crippen molar-refractivity contribution >= 4 is 15.7 Å². The molecule has 1 aliphatic carbocycles. The lowest BCUT2D eigenvalue weighted by Gasteiger charge is -2.22. The smallest absolute Gasteiger partial charge is 0.243 e. The largest absolute Gasteiger partial charge is 0.399 e. The average Bonchev–Trinajstić information content (AvgIpc) is 3.23. The first-order valence-corrected chi connectivity index (χ1v) is 8.22. The van der Waals surface area contributed by atoms with Gasteiger partial charge < -0.3 is 5.73 Å². The number of aryl methyl sites for hydroxylation is 1. The number of sulfonamides is 1. The summed E-state index contributed by atoms with van der Waals surface area (Å²) in [5.74, 6) is 0. The summed E-state index contributed by atoms with van der Waals surface area (Å²) in [7, 11) is -3.57. The van der Waals surface area contributed by atoms with E-state index in [9.17, 15) is 8.42 Å². The third kappa shape index (κ3) is 2.94. The third-order valence-electron chi connectivity index (χ3n) is 3.46. The molecule has 0 saturated heterocycles. The maximum absolute atomic E-state index is 12.8. The Morgan fingerprint density at radius 1 is 1.45 bits per heavy atom. The van der Waals surface area contributed by atoms with E-state index in [0.717, 1.165) is 18.4 Å². The summed E-state index contributed by atoms with van der Waals surface area (Å²) < 4.78 is 27.1. The molecular formula is C14H19N3O2S. The molecular weight excluding hydrogens is 274 g/mol. The van der Waals surface area contributed by atoms with Crippen LogP contribution in [0.25, 0.3) is 0 Å². The number of nitrogens with zero attached hydrogens (tertiary/aromatic N) is 2. The van der Waals surface area contributed by atoms with E-state index in [-0.39, 0.29) is 23.9 Å². The zero-order valence-electron chi connectivity index (χ0n) is 11.5. The molecule has 1 aliphatic rings. The highest BCUT2D eigenvalue weighted by Gasteiger charge is 2.38. The van der Waals surface area contributed by atoms with Crippen LogP contribution in [0.5, 0.6) is 0 Å². The first-order valence-electron chi connectivity index (χ1n) is 6.78. The normalized spacial score (nSPS) is 15.2. The van der Waals surface area contributed by atoms with Crippen LogP contribution in [0.2, 0.25) is 0 Å². The van der Waals surface area contributed by atoms with Crippen LogP contribution in [0.3, 0.4) is 0 Å². The fraction of sp³-hybridized carbons (Fsp3) is 0.500. The monoisotopic (exact) mass is 293 g/mol. The Morgan fingerprint density at radius 3 is 2.70 bits per heavy atom. The van der Waals surface area contributed by atoms with Gasteiger partial charge in [0.1, 0.15) is 0 Å². The van der Waals surface area contributed by atoms with Crippen molar-refractivity contribution in [3.63, 3.8) is 0 Å². The third-order valence-corrected chi connectivity index (χ3v) is 5.49. The van der Waals surface area contributed by atoms with Crippen LogP contribution >= 0.6 is 0 Å². The standard InChI is InChI=1S/C14H19N3O2S/c1-2-11-4-5-12(16)10-14(11)20(18,19)17(9-3-8-15)13-6-7-13/h4-5,10,13H,2-3,6-7,9,16H2,1H3. The summed E-state index contributed by atoms with van der Waals surface area (Å²) >= 11 is 0. The van der Waals surface area contributed by atoms with E-state index >= 15 is 0 Å². The predicted octanol–water partition coefficient (Wildman–Crippen LogP) is 1.90. The van der Waals surface area contributed by atoms with Crippen molar-refractivity contribution in [3.8, 4) is 6.07 Å². The lowest BCUT2D eigenvalue weighted by Crippen LogP contribution is -2.34. The van der Waals surface area contributed by atoms with Crippen molar-refractivity contribution in [3.05, 3.63) is 23.8 Å². The highest BCUT2D eigenvalue weighted by Crippen LogP contribution is 2.33. The molecule has 0 radical (unpaired) electrons. The number of rotatable bonds is 6. The minimum Gasteiger partial charge on any atom is -0.399 e. The molecule has 0 bridgehead atoms. The zero-order chi connectivity index (χ0) is 14.8. The molecule has 0 heterocycles. The van der Waals surface area contributed by atoms with Crippen molar-refractivity contribution < 1.29 is 8.42 Å². The van der Waals surface area contributed by atoms with Crippen molar-refractivity contribution in [1.29, 1.82) is 5.26 Å². The molecule has 1 aromatic rings. The Hall–Kier alpha value is -1.58. The Balaban J connectivity index is 2.42. The van der Waals surface area contributed by atoms with Gasteiger partial charge in [-0.05, 0) is 37.0 Å². The first kappa shape index (κ1) is 14.8. The van der Waals surface area contributed by atoms with Crippen LogP contribution in [-0.4, -0.2) is 25.3 Å². The molecule has 1 fully saturated rings. The van der Waals surface area contributed by atoms with E-state index in [0.29, 0.717) is 12.1 Å². The molecule has 2 N–H and O–H groups in total. The Kier molecular flexibility index (Phi) is 4.31. The second-order valence-electron chi connectivity index (χ2n) is 4.98. The highest BCUT2D eigenvalue weighted by atomic mass is 32.2. The second-order valence-corrected chi connectivity index (χ2v) is 6.83. The maximum Gasteiger partial charge on any atom is 0.243 e. The van der Waals surface area contributed by atoms with Gasteiger partial charge in [0.2, 0.25) is 10.0 Å². The molecule has 0 aromatic heterocycles. The summed E-state index contributed by atoms with van der Waals surface area (Å²) in [5.41, 5.74) is 6.94. The van der Waals surface area contributed by atoms with Gasteiger partial charge in [-0.2, -0.15) is 9.57 Å². The summed E-state index contributed by atoms with van der Waals surface area (Å²) in [6.45, 7) is 2.17. The quantitative estimate of drug-likeness (QED) is 0.811. The minimum atomic E-state index is -3.57. The summed E-state index contributed by atoms with van der Waals surface area (Å²) in [4.78, 5) is 0.282. The lowest BCUT2D eigenvalue weighted by molar-refractivity contribution is 0.410. The van der Waals surface area contributed by atoms with Gasteiger partial charge in [0.15, 0.2) is 0 Å². The molecule has 6 heteroatoms. The fourth-order valence-electron chi connectivity index (χ4n) is 2.25. The van der Waals surface area contributed by atoms with Crippen LogP contribution in [0.4, 0.5) is 5.69 Å². The molecule has 1 aromatic carbocycles. The zero-order valence-corrected chi connectivity index (χ0v) is 12.4. The van der Waals surface area contributed by atoms with Crippen LogP contribution in [-0.2, 0) is 16.4 Å². The average molecular weight is 293 g/mol. The topological polar surface area (TPSA) is 87.2 Å². The lowest BCUT2D eigenvalue weighted by atomic mass is 10.1. The van der Waals surface area contributed by atoms with Crippen molar-refractivity contribution in [2.75, 3.05) is 12.3 Å². The summed E-state index contributed by atoms with van der Waals surface area (Å²) in [5, 5.41) is 8.71. The van der Waals surface area contributed by atoms with E-state index in [1.807, 2.05) is 13.0 Å². The van der Waals surface area contributed by atoms with Crippen LogP contribution in [0.15, 0.2) is 23.1 Å². The van der Waals surface area contributed by atoms with E-state index < -0.39 is 10.0 Å². The number of nitriles is 1. The van der Waals surface area contributed by atoms with Gasteiger partial charge in [0.25, 0.3) is 0 Å². The minimum absolute atomic E-state index is 0.0412. The molecule has 0 unspecified atom stereocenters. The Labute approximate surface area is 120 Å². The van der Waals surface area contributed by atoms with Gasteiger partial charge in [-0.3, -0.25) is 0 Å². The van der Waals surface area contributed by atoms with Gasteiger partial charge in [-0.1, -0.05) is 13.0 Å². The second kappa shape index (κ2) is 5.81. The Morgan fingerprint density at radius 2 is 2.15 bits per heavy atom. The van der Waals surface area contributed by atoms with E-state index in [4.69, 9.17) is 11.0 Å². The fourth-order valence-corrected chi connectivity index (χ4v) is 4.27. The van der Waals surface area contributed by atoms with E-state index in [1.54, 1.807) is 12.1 Å². The first-order chi connectivity index (χ1) is 9.50. The Bertz CT molecular complexity index is 630. The number of hydrogen-bond donors (Lipinski definition) is 1. The molecule has 0 atom stereocenters. The molecule has 0 spiro atoms. The number of nitrogens with two attached hydrogens (primary N) is 1. The summed E-state index contributed by atoms with van der Waals surface area (Å²) in [6.07, 6.45) is 2.58. The molecule has 1 saturated carbocycles. The SMILES string of the molecule is CCc1ccc(N)cc1S(=O)(=O)N(CCC#N)C1CC1. The van der Waals surface area contributed by atoms with Gasteiger partial charge >= 0.3 is 0 Å². The van der Waals surface area contributed by atoms with Crippen LogP contribution < -0.4 is 5.73 Å². The molecule has 20 heavy (non-hydrogen) atoms. The molecule has 108 valence electrons. The number of anilines is 1.